The summed E-state index contributed by atoms with van der Waals surface area (Å²) in [6.45, 7) is 3.42. The lowest BCUT2D eigenvalue weighted by atomic mass is 9.99. The average Bonchev–Trinajstić information content (AvgIpc) is 2.86. The number of aryl methyl sites for hydroxylation is 1. The van der Waals surface area contributed by atoms with Crippen LogP contribution in [-0.4, -0.2) is 28.7 Å². The van der Waals surface area contributed by atoms with Crippen molar-refractivity contribution in [1.29, 1.82) is 0 Å². The maximum absolute atomic E-state index is 12.2. The minimum atomic E-state index is -0.591. The van der Waals surface area contributed by atoms with Gasteiger partial charge in [0, 0.05) is 12.5 Å². The second kappa shape index (κ2) is 5.90. The number of nitrogens with two attached hydrogens (primary N) is 1. The Morgan fingerprint density at radius 3 is 2.81 bits per heavy atom. The van der Waals surface area contributed by atoms with E-state index in [1.54, 1.807) is 13.8 Å². The molecule has 2 atom stereocenters. The van der Waals surface area contributed by atoms with Gasteiger partial charge in [0.15, 0.2) is 0 Å². The zero-order valence-electron chi connectivity index (χ0n) is 12.0. The Kier molecular flexibility index (Phi) is 4.21. The van der Waals surface area contributed by atoms with E-state index < -0.39 is 5.91 Å². The highest BCUT2D eigenvalue weighted by molar-refractivity contribution is 5.97. The molecule has 3 amide bonds. The minimum Gasteiger partial charge on any atom is -0.366 e. The van der Waals surface area contributed by atoms with Gasteiger partial charge in [0.1, 0.15) is 0 Å². The summed E-state index contributed by atoms with van der Waals surface area (Å²) in [6.07, 6.45) is 2.56. The molecule has 2 unspecified atom stereocenters. The van der Waals surface area contributed by atoms with Crippen molar-refractivity contribution < 1.29 is 14.4 Å². The zero-order valence-corrected chi connectivity index (χ0v) is 12.0. The Morgan fingerprint density at radius 1 is 1.52 bits per heavy atom. The molecule has 1 aromatic heterocycles. The van der Waals surface area contributed by atoms with Crippen molar-refractivity contribution in [3.63, 3.8) is 0 Å². The number of carbonyl (C=O) groups is 3. The molecule has 1 fully saturated rings. The molecule has 0 aromatic carbocycles. The van der Waals surface area contributed by atoms with E-state index in [1.807, 2.05) is 0 Å². The van der Waals surface area contributed by atoms with Gasteiger partial charge in [-0.05, 0) is 19.4 Å². The maximum atomic E-state index is 12.2. The molecule has 1 aromatic rings. The molecular weight excluding hydrogens is 272 g/mol. The number of pyridine rings is 1. The number of hydrogen-bond acceptors (Lipinski definition) is 4. The van der Waals surface area contributed by atoms with Gasteiger partial charge in [-0.25, -0.2) is 0 Å². The van der Waals surface area contributed by atoms with Crippen LogP contribution in [0.4, 0.5) is 5.69 Å². The van der Waals surface area contributed by atoms with Crippen molar-refractivity contribution in [2.24, 2.45) is 11.7 Å². The Labute approximate surface area is 122 Å². The molecule has 7 heteroatoms. The lowest BCUT2D eigenvalue weighted by Crippen LogP contribution is -2.38. The Bertz CT molecular complexity index is 600. The summed E-state index contributed by atoms with van der Waals surface area (Å²) < 4.78 is 0. The highest BCUT2D eigenvalue weighted by atomic mass is 16.2. The number of hydrogen-bond donors (Lipinski definition) is 3. The first-order valence-electron chi connectivity index (χ1n) is 6.75. The molecule has 0 aliphatic carbocycles. The maximum Gasteiger partial charge on any atom is 0.250 e. The van der Waals surface area contributed by atoms with Crippen LogP contribution in [0.25, 0.3) is 0 Å². The first-order chi connectivity index (χ1) is 9.88. The molecule has 1 aliphatic rings. The molecule has 21 heavy (non-hydrogen) atoms. The molecule has 0 spiro atoms. The number of nitrogens with one attached hydrogen (secondary N) is 2. The van der Waals surface area contributed by atoms with Crippen LogP contribution < -0.4 is 16.4 Å². The minimum absolute atomic E-state index is 0.0346. The Hall–Kier alpha value is -2.44. The molecular formula is C14H18N4O3. The molecule has 2 heterocycles. The van der Waals surface area contributed by atoms with Crippen molar-refractivity contribution in [3.8, 4) is 0 Å². The molecule has 0 bridgehead atoms. The normalized spacial score (nSPS) is 19.0. The summed E-state index contributed by atoms with van der Waals surface area (Å²) in [6, 6.07) is 1.34. The molecule has 1 aliphatic heterocycles. The summed E-state index contributed by atoms with van der Waals surface area (Å²) in [5, 5.41) is 5.46. The molecule has 4 N–H and O–H groups in total. The summed E-state index contributed by atoms with van der Waals surface area (Å²) >= 11 is 0. The lowest BCUT2D eigenvalue weighted by Gasteiger charge is -2.18. The molecule has 0 saturated carbocycles. The fourth-order valence-corrected chi connectivity index (χ4v) is 2.30. The predicted octanol–water partition coefficient (Wildman–Crippen LogP) is 0.342. The van der Waals surface area contributed by atoms with Crippen LogP contribution in [0.5, 0.6) is 0 Å². The summed E-state index contributed by atoms with van der Waals surface area (Å²) in [4.78, 5) is 38.7. The van der Waals surface area contributed by atoms with E-state index in [2.05, 4.69) is 15.6 Å². The van der Waals surface area contributed by atoms with E-state index in [0.717, 1.165) is 0 Å². The number of amides is 3. The fourth-order valence-electron chi connectivity index (χ4n) is 2.30. The third-order valence-corrected chi connectivity index (χ3v) is 3.67. The van der Waals surface area contributed by atoms with Gasteiger partial charge >= 0.3 is 0 Å². The Balaban J connectivity index is 2.07. The van der Waals surface area contributed by atoms with Crippen molar-refractivity contribution in [1.82, 2.24) is 10.3 Å². The van der Waals surface area contributed by atoms with Crippen LogP contribution in [0.15, 0.2) is 12.3 Å². The number of aromatic nitrogens is 1. The largest absolute Gasteiger partial charge is 0.366 e. The second-order valence-corrected chi connectivity index (χ2v) is 5.21. The number of rotatable bonds is 4. The third kappa shape index (κ3) is 3.36. The SMILES string of the molecule is Cc1ncc(NC(=O)C(C)C2CCC(=O)N2)cc1C(N)=O. The standard InChI is InChI=1S/C14H18N4O3/c1-7(11-3-4-12(19)18-11)14(21)17-9-5-10(13(15)20)8(2)16-6-9/h5-7,11H,3-4H2,1-2H3,(H2,15,20)(H,17,21)(H,18,19). The topological polar surface area (TPSA) is 114 Å². The van der Waals surface area contributed by atoms with Gasteiger partial charge in [0.05, 0.1) is 29.1 Å². The van der Waals surface area contributed by atoms with E-state index in [4.69, 9.17) is 5.73 Å². The van der Waals surface area contributed by atoms with E-state index in [0.29, 0.717) is 24.2 Å². The van der Waals surface area contributed by atoms with Crippen molar-refractivity contribution in [2.75, 3.05) is 5.32 Å². The van der Waals surface area contributed by atoms with Gasteiger partial charge in [0.2, 0.25) is 11.8 Å². The van der Waals surface area contributed by atoms with Crippen LogP contribution >= 0.6 is 0 Å². The van der Waals surface area contributed by atoms with Gasteiger partial charge < -0.3 is 16.4 Å². The summed E-state index contributed by atoms with van der Waals surface area (Å²) in [7, 11) is 0. The van der Waals surface area contributed by atoms with Crippen LogP contribution in [0, 0.1) is 12.8 Å². The molecule has 112 valence electrons. The smallest absolute Gasteiger partial charge is 0.250 e. The van der Waals surface area contributed by atoms with Crippen molar-refractivity contribution in [2.45, 2.75) is 32.7 Å². The van der Waals surface area contributed by atoms with E-state index in [9.17, 15) is 14.4 Å². The first-order valence-corrected chi connectivity index (χ1v) is 6.75. The predicted molar refractivity (Wildman–Crippen MR) is 76.5 cm³/mol. The van der Waals surface area contributed by atoms with Crippen LogP contribution in [0.2, 0.25) is 0 Å². The van der Waals surface area contributed by atoms with Gasteiger partial charge in [-0.15, -0.1) is 0 Å². The highest BCUT2D eigenvalue weighted by Gasteiger charge is 2.30. The number of anilines is 1. The van der Waals surface area contributed by atoms with Crippen LogP contribution in [0.1, 0.15) is 35.8 Å². The van der Waals surface area contributed by atoms with Gasteiger partial charge in [-0.3, -0.25) is 19.4 Å². The number of primary amides is 1. The quantitative estimate of drug-likeness (QED) is 0.741. The molecule has 7 nitrogen and oxygen atoms in total. The lowest BCUT2D eigenvalue weighted by molar-refractivity contribution is -0.121. The highest BCUT2D eigenvalue weighted by Crippen LogP contribution is 2.18. The van der Waals surface area contributed by atoms with E-state index >= 15 is 0 Å². The van der Waals surface area contributed by atoms with E-state index in [-0.39, 0.29) is 29.3 Å². The second-order valence-electron chi connectivity index (χ2n) is 5.21. The van der Waals surface area contributed by atoms with Crippen LogP contribution in [0.3, 0.4) is 0 Å². The van der Waals surface area contributed by atoms with Gasteiger partial charge in [0.25, 0.3) is 5.91 Å². The van der Waals surface area contributed by atoms with Crippen LogP contribution in [-0.2, 0) is 9.59 Å². The number of carbonyl (C=O) groups excluding carboxylic acids is 3. The zero-order chi connectivity index (χ0) is 15.6. The Morgan fingerprint density at radius 2 is 2.24 bits per heavy atom. The number of nitrogens with zero attached hydrogens (tertiary/aromatic N) is 1. The van der Waals surface area contributed by atoms with Gasteiger partial charge in [-0.2, -0.15) is 0 Å². The van der Waals surface area contributed by atoms with Crippen molar-refractivity contribution >= 4 is 23.4 Å². The third-order valence-electron chi connectivity index (χ3n) is 3.67. The van der Waals surface area contributed by atoms with Gasteiger partial charge in [-0.1, -0.05) is 6.92 Å². The molecule has 1 saturated heterocycles. The van der Waals surface area contributed by atoms with E-state index in [1.165, 1.54) is 12.3 Å². The first kappa shape index (κ1) is 15.0. The summed E-state index contributed by atoms with van der Waals surface area (Å²) in [5.41, 5.74) is 6.45. The fraction of sp³-hybridized carbons (Fsp3) is 0.429. The molecule has 0 radical (unpaired) electrons. The monoisotopic (exact) mass is 290 g/mol. The molecule has 2 rings (SSSR count). The summed E-state index contributed by atoms with van der Waals surface area (Å²) in [5.74, 6) is -1.22. The van der Waals surface area contributed by atoms with Crippen molar-refractivity contribution in [3.05, 3.63) is 23.5 Å². The average molecular weight is 290 g/mol.